The molecule has 0 saturated carbocycles. The number of hydrogen-bond donors (Lipinski definition) is 3. The number of benzene rings is 1. The normalized spacial score (nSPS) is 12.4. The van der Waals surface area contributed by atoms with Crippen LogP contribution >= 0.6 is 0 Å². The SMILES string of the molecule is CCC(NCCNC(=O)C(C)C)c1ccc(O)cc1. The standard InChI is InChI=1S/C15H24N2O2/c1-4-14(12-5-7-13(18)8-6-12)16-9-10-17-15(19)11(2)3/h5-8,11,14,16,18H,4,9-10H2,1-3H3,(H,17,19). The lowest BCUT2D eigenvalue weighted by Gasteiger charge is -2.18. The minimum atomic E-state index is 0.0269. The number of phenolic OH excluding ortho intramolecular Hbond substituents is 1. The van der Waals surface area contributed by atoms with Crippen molar-refractivity contribution in [3.8, 4) is 5.75 Å². The maximum Gasteiger partial charge on any atom is 0.222 e. The van der Waals surface area contributed by atoms with Crippen molar-refractivity contribution in [1.82, 2.24) is 10.6 Å². The average Bonchev–Trinajstić information content (AvgIpc) is 2.40. The van der Waals surface area contributed by atoms with Crippen molar-refractivity contribution in [3.63, 3.8) is 0 Å². The first-order chi connectivity index (χ1) is 9.04. The third kappa shape index (κ3) is 5.30. The molecule has 4 nitrogen and oxygen atoms in total. The van der Waals surface area contributed by atoms with Crippen LogP contribution in [0.5, 0.6) is 5.75 Å². The molecule has 0 fully saturated rings. The van der Waals surface area contributed by atoms with Crippen LogP contribution in [0.3, 0.4) is 0 Å². The molecule has 1 aromatic carbocycles. The summed E-state index contributed by atoms with van der Waals surface area (Å²) in [6, 6.07) is 7.48. The molecule has 0 aromatic heterocycles. The van der Waals surface area contributed by atoms with Gasteiger partial charge >= 0.3 is 0 Å². The van der Waals surface area contributed by atoms with Gasteiger partial charge in [-0.2, -0.15) is 0 Å². The molecule has 0 heterocycles. The van der Waals surface area contributed by atoms with E-state index in [1.165, 1.54) is 0 Å². The number of carbonyl (C=O) groups is 1. The minimum Gasteiger partial charge on any atom is -0.508 e. The number of nitrogens with one attached hydrogen (secondary N) is 2. The highest BCUT2D eigenvalue weighted by atomic mass is 16.3. The van der Waals surface area contributed by atoms with E-state index in [0.29, 0.717) is 6.54 Å². The summed E-state index contributed by atoms with van der Waals surface area (Å²) in [7, 11) is 0. The smallest absolute Gasteiger partial charge is 0.222 e. The summed E-state index contributed by atoms with van der Waals surface area (Å²) in [5, 5.41) is 15.6. The summed E-state index contributed by atoms with van der Waals surface area (Å²) in [6.45, 7) is 7.24. The zero-order chi connectivity index (χ0) is 14.3. The van der Waals surface area contributed by atoms with Gasteiger partial charge in [-0.15, -0.1) is 0 Å². The molecule has 0 aliphatic carbocycles. The molecule has 1 rings (SSSR count). The second-order valence-electron chi connectivity index (χ2n) is 4.95. The molecular weight excluding hydrogens is 240 g/mol. The third-order valence-corrected chi connectivity index (χ3v) is 3.04. The topological polar surface area (TPSA) is 61.4 Å². The van der Waals surface area contributed by atoms with Gasteiger partial charge in [0.25, 0.3) is 0 Å². The van der Waals surface area contributed by atoms with Crippen LogP contribution in [-0.2, 0) is 4.79 Å². The van der Waals surface area contributed by atoms with Crippen LogP contribution in [0.15, 0.2) is 24.3 Å². The van der Waals surface area contributed by atoms with Crippen molar-refractivity contribution in [2.75, 3.05) is 13.1 Å². The number of phenols is 1. The Labute approximate surface area is 115 Å². The predicted molar refractivity (Wildman–Crippen MR) is 77.0 cm³/mol. The Morgan fingerprint density at radius 1 is 1.21 bits per heavy atom. The van der Waals surface area contributed by atoms with Gasteiger partial charge in [-0.3, -0.25) is 4.79 Å². The number of rotatable bonds is 7. The number of hydrogen-bond acceptors (Lipinski definition) is 3. The predicted octanol–water partition coefficient (Wildman–Crippen LogP) is 2.21. The molecule has 1 aromatic rings. The van der Waals surface area contributed by atoms with E-state index < -0.39 is 0 Å². The van der Waals surface area contributed by atoms with Crippen LogP contribution in [0.2, 0.25) is 0 Å². The first-order valence-electron chi connectivity index (χ1n) is 6.84. The van der Waals surface area contributed by atoms with Crippen LogP contribution in [0.1, 0.15) is 38.8 Å². The van der Waals surface area contributed by atoms with E-state index in [1.54, 1.807) is 12.1 Å². The van der Waals surface area contributed by atoms with E-state index in [0.717, 1.165) is 18.5 Å². The molecule has 106 valence electrons. The van der Waals surface area contributed by atoms with Crippen molar-refractivity contribution in [1.29, 1.82) is 0 Å². The first kappa shape index (κ1) is 15.5. The van der Waals surface area contributed by atoms with Crippen LogP contribution in [0, 0.1) is 5.92 Å². The summed E-state index contributed by atoms with van der Waals surface area (Å²) in [5.41, 5.74) is 1.15. The van der Waals surface area contributed by atoms with Crippen LogP contribution in [-0.4, -0.2) is 24.1 Å². The fraction of sp³-hybridized carbons (Fsp3) is 0.533. The summed E-state index contributed by atoms with van der Waals surface area (Å²) < 4.78 is 0. The highest BCUT2D eigenvalue weighted by Crippen LogP contribution is 2.18. The van der Waals surface area contributed by atoms with Crippen molar-refractivity contribution >= 4 is 5.91 Å². The summed E-state index contributed by atoms with van der Waals surface area (Å²) in [5.74, 6) is 0.390. The Bertz CT molecular complexity index is 388. The fourth-order valence-corrected chi connectivity index (χ4v) is 1.84. The lowest BCUT2D eigenvalue weighted by molar-refractivity contribution is -0.123. The Kier molecular flexibility index (Phi) is 6.36. The molecule has 4 heteroatoms. The maximum absolute atomic E-state index is 11.4. The van der Waals surface area contributed by atoms with Gasteiger partial charge in [0.15, 0.2) is 0 Å². The Morgan fingerprint density at radius 3 is 2.37 bits per heavy atom. The molecule has 1 amide bonds. The van der Waals surface area contributed by atoms with E-state index in [9.17, 15) is 9.90 Å². The van der Waals surface area contributed by atoms with Crippen LogP contribution in [0.25, 0.3) is 0 Å². The van der Waals surface area contributed by atoms with E-state index in [1.807, 2.05) is 26.0 Å². The zero-order valence-corrected chi connectivity index (χ0v) is 11.9. The first-order valence-corrected chi connectivity index (χ1v) is 6.84. The van der Waals surface area contributed by atoms with Gasteiger partial charge in [0.05, 0.1) is 0 Å². The summed E-state index contributed by atoms with van der Waals surface area (Å²) in [4.78, 5) is 11.4. The minimum absolute atomic E-state index is 0.0269. The molecular formula is C15H24N2O2. The average molecular weight is 264 g/mol. The van der Waals surface area contributed by atoms with Gasteiger partial charge in [-0.25, -0.2) is 0 Å². The van der Waals surface area contributed by atoms with Gasteiger partial charge < -0.3 is 15.7 Å². The van der Waals surface area contributed by atoms with Gasteiger partial charge in [0.2, 0.25) is 5.91 Å². The molecule has 3 N–H and O–H groups in total. The highest BCUT2D eigenvalue weighted by Gasteiger charge is 2.09. The van der Waals surface area contributed by atoms with Gasteiger partial charge in [-0.05, 0) is 24.1 Å². The van der Waals surface area contributed by atoms with Gasteiger partial charge in [-0.1, -0.05) is 32.9 Å². The molecule has 0 spiro atoms. The molecule has 0 saturated heterocycles. The Balaban J connectivity index is 2.37. The monoisotopic (exact) mass is 264 g/mol. The van der Waals surface area contributed by atoms with Crippen molar-refractivity contribution in [2.45, 2.75) is 33.2 Å². The number of amides is 1. The lowest BCUT2D eigenvalue weighted by atomic mass is 10.0. The number of carbonyl (C=O) groups excluding carboxylic acids is 1. The van der Waals surface area contributed by atoms with Crippen molar-refractivity contribution in [3.05, 3.63) is 29.8 Å². The Hall–Kier alpha value is -1.55. The van der Waals surface area contributed by atoms with Crippen molar-refractivity contribution < 1.29 is 9.90 Å². The van der Waals surface area contributed by atoms with Gasteiger partial charge in [0.1, 0.15) is 5.75 Å². The molecule has 19 heavy (non-hydrogen) atoms. The molecule has 0 bridgehead atoms. The van der Waals surface area contributed by atoms with E-state index >= 15 is 0 Å². The van der Waals surface area contributed by atoms with Crippen molar-refractivity contribution in [2.24, 2.45) is 5.92 Å². The maximum atomic E-state index is 11.4. The molecule has 0 radical (unpaired) electrons. The second-order valence-corrected chi connectivity index (χ2v) is 4.95. The molecule has 1 atom stereocenters. The molecule has 0 aliphatic heterocycles. The quantitative estimate of drug-likeness (QED) is 0.662. The van der Waals surface area contributed by atoms with Crippen LogP contribution < -0.4 is 10.6 Å². The van der Waals surface area contributed by atoms with E-state index in [-0.39, 0.29) is 23.6 Å². The summed E-state index contributed by atoms with van der Waals surface area (Å²) in [6.07, 6.45) is 0.961. The van der Waals surface area contributed by atoms with E-state index in [4.69, 9.17) is 0 Å². The summed E-state index contributed by atoms with van der Waals surface area (Å²) >= 11 is 0. The largest absolute Gasteiger partial charge is 0.508 e. The highest BCUT2D eigenvalue weighted by molar-refractivity contribution is 5.77. The van der Waals surface area contributed by atoms with Crippen LogP contribution in [0.4, 0.5) is 0 Å². The second kappa shape index (κ2) is 7.79. The zero-order valence-electron chi connectivity index (χ0n) is 11.9. The number of aromatic hydroxyl groups is 1. The molecule has 0 aliphatic rings. The third-order valence-electron chi connectivity index (χ3n) is 3.04. The molecule has 1 unspecified atom stereocenters. The lowest BCUT2D eigenvalue weighted by Crippen LogP contribution is -2.35. The van der Waals surface area contributed by atoms with Gasteiger partial charge in [0, 0.05) is 25.0 Å². The Morgan fingerprint density at radius 2 is 1.84 bits per heavy atom. The fourth-order valence-electron chi connectivity index (χ4n) is 1.84. The van der Waals surface area contributed by atoms with E-state index in [2.05, 4.69) is 17.6 Å².